The van der Waals surface area contributed by atoms with Crippen molar-refractivity contribution in [3.63, 3.8) is 0 Å². The minimum absolute atomic E-state index is 0.0695. The van der Waals surface area contributed by atoms with Crippen LogP contribution in [0.5, 0.6) is 0 Å². The summed E-state index contributed by atoms with van der Waals surface area (Å²) in [4.78, 5) is 36.4. The van der Waals surface area contributed by atoms with Gasteiger partial charge in [-0.15, -0.1) is 0 Å². The Morgan fingerprint density at radius 3 is 2.15 bits per heavy atom. The van der Waals surface area contributed by atoms with Crippen LogP contribution in [0, 0.1) is 0 Å². The minimum atomic E-state index is -0.738. The predicted molar refractivity (Wildman–Crippen MR) is 74.5 cm³/mol. The number of Topliss-reactive ketones (excluding diaryl/α,β-unsaturated/α-hetero) is 3. The molecule has 96 valence electrons. The summed E-state index contributed by atoms with van der Waals surface area (Å²) >= 11 is 0. The molecule has 1 aliphatic carbocycles. The van der Waals surface area contributed by atoms with Gasteiger partial charge in [0, 0.05) is 11.1 Å². The van der Waals surface area contributed by atoms with E-state index in [0.29, 0.717) is 16.7 Å². The van der Waals surface area contributed by atoms with Gasteiger partial charge in [-0.25, -0.2) is 0 Å². The van der Waals surface area contributed by atoms with E-state index in [4.69, 9.17) is 0 Å². The van der Waals surface area contributed by atoms with Crippen molar-refractivity contribution in [2.75, 3.05) is 0 Å². The highest BCUT2D eigenvalue weighted by molar-refractivity contribution is 6.58. The zero-order valence-electron chi connectivity index (χ0n) is 10.5. The molecule has 0 fully saturated rings. The average Bonchev–Trinajstić information content (AvgIpc) is 2.51. The molecule has 0 radical (unpaired) electrons. The van der Waals surface area contributed by atoms with Crippen molar-refractivity contribution < 1.29 is 14.4 Å². The maximum atomic E-state index is 12.3. The van der Waals surface area contributed by atoms with Crippen LogP contribution in [0.25, 0.3) is 6.08 Å². The zero-order chi connectivity index (χ0) is 14.1. The Morgan fingerprint density at radius 2 is 1.40 bits per heavy atom. The highest BCUT2D eigenvalue weighted by atomic mass is 16.2. The molecule has 0 aromatic heterocycles. The normalized spacial score (nSPS) is 13.7. The first-order valence-corrected chi connectivity index (χ1v) is 6.18. The van der Waals surface area contributed by atoms with Gasteiger partial charge in [-0.3, -0.25) is 14.4 Å². The fraction of sp³-hybridized carbons (Fsp3) is 0. The molecule has 0 aliphatic heterocycles. The molecule has 2 aromatic rings. The third kappa shape index (κ3) is 1.89. The van der Waals surface area contributed by atoms with Gasteiger partial charge in [0.2, 0.25) is 11.6 Å². The van der Waals surface area contributed by atoms with Crippen LogP contribution >= 0.6 is 0 Å². The van der Waals surface area contributed by atoms with Crippen LogP contribution in [-0.4, -0.2) is 17.3 Å². The predicted octanol–water partition coefficient (Wildman–Crippen LogP) is 2.72. The van der Waals surface area contributed by atoms with Crippen LogP contribution in [0.2, 0.25) is 0 Å². The summed E-state index contributed by atoms with van der Waals surface area (Å²) in [6.07, 6.45) is 1.49. The Morgan fingerprint density at radius 1 is 0.750 bits per heavy atom. The average molecular weight is 262 g/mol. The lowest BCUT2D eigenvalue weighted by molar-refractivity contribution is -0.111. The first kappa shape index (κ1) is 12.2. The van der Waals surface area contributed by atoms with Gasteiger partial charge in [0.1, 0.15) is 0 Å². The van der Waals surface area contributed by atoms with E-state index in [1.165, 1.54) is 6.08 Å². The van der Waals surface area contributed by atoms with Gasteiger partial charge in [-0.05, 0) is 11.6 Å². The Kier molecular flexibility index (Phi) is 2.88. The fourth-order valence-corrected chi connectivity index (χ4v) is 2.21. The second-order valence-electron chi connectivity index (χ2n) is 4.50. The summed E-state index contributed by atoms with van der Waals surface area (Å²) in [5.41, 5.74) is 1.29. The third-order valence-corrected chi connectivity index (χ3v) is 3.24. The Balaban J connectivity index is 2.11. The molecular formula is C17H10O3. The third-order valence-electron chi connectivity index (χ3n) is 3.24. The van der Waals surface area contributed by atoms with Gasteiger partial charge in [-0.2, -0.15) is 0 Å². The van der Waals surface area contributed by atoms with Gasteiger partial charge in [0.05, 0.1) is 5.57 Å². The van der Waals surface area contributed by atoms with Crippen molar-refractivity contribution in [1.29, 1.82) is 0 Å². The van der Waals surface area contributed by atoms with E-state index >= 15 is 0 Å². The molecule has 3 nitrogen and oxygen atoms in total. The van der Waals surface area contributed by atoms with E-state index in [-0.39, 0.29) is 5.57 Å². The monoisotopic (exact) mass is 262 g/mol. The molecule has 0 atom stereocenters. The molecule has 0 saturated carbocycles. The van der Waals surface area contributed by atoms with Crippen LogP contribution in [0.3, 0.4) is 0 Å². The van der Waals surface area contributed by atoms with E-state index in [2.05, 4.69) is 0 Å². The first-order valence-electron chi connectivity index (χ1n) is 6.18. The van der Waals surface area contributed by atoms with Gasteiger partial charge in [-0.1, -0.05) is 54.6 Å². The highest BCUT2D eigenvalue weighted by Gasteiger charge is 2.31. The topological polar surface area (TPSA) is 51.2 Å². The van der Waals surface area contributed by atoms with E-state index in [1.807, 2.05) is 0 Å². The van der Waals surface area contributed by atoms with Crippen LogP contribution in [0.4, 0.5) is 0 Å². The molecule has 0 unspecified atom stereocenters. The smallest absolute Gasteiger partial charge is 0.237 e. The fourth-order valence-electron chi connectivity index (χ4n) is 2.21. The standard InChI is InChI=1S/C17H10O3/c18-15(11-6-2-1-3-7-11)14-10-12-8-4-5-9-13(12)16(19)17(14)20/h1-10H. The molecule has 3 rings (SSSR count). The second kappa shape index (κ2) is 4.70. The summed E-state index contributed by atoms with van der Waals surface area (Å²) in [5.74, 6) is -1.78. The van der Waals surface area contributed by atoms with Crippen molar-refractivity contribution in [2.24, 2.45) is 0 Å². The number of hydrogen-bond acceptors (Lipinski definition) is 3. The SMILES string of the molecule is O=C1C(=O)c2ccccc2C=C1C(=O)c1ccccc1. The van der Waals surface area contributed by atoms with E-state index in [9.17, 15) is 14.4 Å². The maximum Gasteiger partial charge on any atom is 0.237 e. The molecule has 0 amide bonds. The summed E-state index contributed by atoms with van der Waals surface area (Å²) in [6.45, 7) is 0. The van der Waals surface area contributed by atoms with Crippen molar-refractivity contribution in [3.8, 4) is 0 Å². The van der Waals surface area contributed by atoms with Crippen molar-refractivity contribution in [2.45, 2.75) is 0 Å². The quantitative estimate of drug-likeness (QED) is 0.475. The molecule has 0 N–H and O–H groups in total. The van der Waals surface area contributed by atoms with E-state index in [1.54, 1.807) is 54.6 Å². The van der Waals surface area contributed by atoms with Crippen molar-refractivity contribution in [1.82, 2.24) is 0 Å². The number of hydrogen-bond donors (Lipinski definition) is 0. The molecule has 3 heteroatoms. The lowest BCUT2D eigenvalue weighted by Crippen LogP contribution is -2.25. The van der Waals surface area contributed by atoms with Gasteiger partial charge < -0.3 is 0 Å². The highest BCUT2D eigenvalue weighted by Crippen LogP contribution is 2.23. The summed E-state index contributed by atoms with van der Waals surface area (Å²) < 4.78 is 0. The number of carbonyl (C=O) groups excluding carboxylic acids is 3. The molecular weight excluding hydrogens is 252 g/mol. The van der Waals surface area contributed by atoms with Crippen molar-refractivity contribution in [3.05, 3.63) is 76.9 Å². The molecule has 0 heterocycles. The zero-order valence-corrected chi connectivity index (χ0v) is 10.5. The Bertz CT molecular complexity index is 755. The van der Waals surface area contributed by atoms with Crippen LogP contribution in [-0.2, 0) is 4.79 Å². The van der Waals surface area contributed by atoms with Gasteiger partial charge >= 0.3 is 0 Å². The van der Waals surface area contributed by atoms with E-state index in [0.717, 1.165) is 0 Å². The summed E-state index contributed by atoms with van der Waals surface area (Å²) in [6, 6.07) is 15.3. The summed E-state index contributed by atoms with van der Waals surface area (Å²) in [7, 11) is 0. The Labute approximate surface area is 115 Å². The number of allylic oxidation sites excluding steroid dienone is 1. The van der Waals surface area contributed by atoms with Crippen LogP contribution in [0.15, 0.2) is 60.2 Å². The number of ketones is 3. The van der Waals surface area contributed by atoms with Gasteiger partial charge in [0.15, 0.2) is 5.78 Å². The maximum absolute atomic E-state index is 12.3. The second-order valence-corrected chi connectivity index (χ2v) is 4.50. The molecule has 1 aliphatic rings. The molecule has 2 aromatic carbocycles. The van der Waals surface area contributed by atoms with Crippen molar-refractivity contribution >= 4 is 23.4 Å². The lowest BCUT2D eigenvalue weighted by Gasteiger charge is -2.13. The lowest BCUT2D eigenvalue weighted by atomic mass is 9.86. The molecule has 0 spiro atoms. The molecule has 0 saturated heterocycles. The summed E-state index contributed by atoms with van der Waals surface area (Å²) in [5, 5.41) is 0. The van der Waals surface area contributed by atoms with Crippen LogP contribution < -0.4 is 0 Å². The Hall–Kier alpha value is -2.81. The molecule has 0 bridgehead atoms. The minimum Gasteiger partial charge on any atom is -0.288 e. The van der Waals surface area contributed by atoms with Gasteiger partial charge in [0.25, 0.3) is 0 Å². The molecule has 20 heavy (non-hydrogen) atoms. The van der Waals surface area contributed by atoms with E-state index < -0.39 is 17.3 Å². The van der Waals surface area contributed by atoms with Crippen LogP contribution in [0.1, 0.15) is 26.3 Å². The number of rotatable bonds is 2. The number of fused-ring (bicyclic) bond motifs is 1. The number of carbonyl (C=O) groups is 3. The largest absolute Gasteiger partial charge is 0.288 e. The first-order chi connectivity index (χ1) is 9.68. The number of benzene rings is 2.